The van der Waals surface area contributed by atoms with Gasteiger partial charge in [-0.05, 0) is 31.2 Å². The number of anilines is 1. The molecule has 0 aliphatic carbocycles. The van der Waals surface area contributed by atoms with Crippen LogP contribution in [0.15, 0.2) is 71.6 Å². The molecule has 0 aromatic heterocycles. The number of hydrogen-bond donors (Lipinski definition) is 1. The van der Waals surface area contributed by atoms with Crippen LogP contribution in [0.4, 0.5) is 5.69 Å². The Kier molecular flexibility index (Phi) is 7.80. The number of rotatable bonds is 9. The summed E-state index contributed by atoms with van der Waals surface area (Å²) in [6, 6.07) is 16.5. The lowest BCUT2D eigenvalue weighted by Crippen LogP contribution is -2.24. The van der Waals surface area contributed by atoms with Gasteiger partial charge in [0.05, 0.1) is 35.4 Å². The predicted octanol–water partition coefficient (Wildman–Crippen LogP) is 4.59. The minimum atomic E-state index is -4.13. The fraction of sp³-hybridized carbons (Fsp3) is 0.167. The van der Waals surface area contributed by atoms with Gasteiger partial charge in [0.15, 0.2) is 6.10 Å². The van der Waals surface area contributed by atoms with Crippen molar-refractivity contribution >= 4 is 39.1 Å². The van der Waals surface area contributed by atoms with Crippen molar-refractivity contribution in [1.82, 2.24) is 0 Å². The molecule has 0 radical (unpaired) electrons. The molecule has 178 valence electrons. The lowest BCUT2D eigenvalue weighted by atomic mass is 10.1. The van der Waals surface area contributed by atoms with Crippen LogP contribution >= 0.6 is 11.6 Å². The maximum Gasteiger partial charge on any atom is 0.338 e. The number of carbonyl (C=O) groups excluding carboxylic acids is 2. The zero-order chi connectivity index (χ0) is 24.9. The Labute approximate surface area is 202 Å². The van der Waals surface area contributed by atoms with Crippen molar-refractivity contribution in [3.8, 4) is 11.5 Å². The van der Waals surface area contributed by atoms with Gasteiger partial charge < -0.3 is 14.2 Å². The number of ketones is 1. The van der Waals surface area contributed by atoms with Gasteiger partial charge in [-0.3, -0.25) is 9.52 Å². The SMILES string of the molecule is COc1cc(OC)c(NS(=O)(=O)c2cccc(C(=O)O[C@@H](C)C(=O)c3ccccc3)c2)cc1Cl. The van der Waals surface area contributed by atoms with Crippen molar-refractivity contribution in [2.45, 2.75) is 17.9 Å². The second kappa shape index (κ2) is 10.6. The lowest BCUT2D eigenvalue weighted by molar-refractivity contribution is 0.0318. The third-order valence-electron chi connectivity index (χ3n) is 4.81. The molecule has 1 N–H and O–H groups in total. The quantitative estimate of drug-likeness (QED) is 0.336. The Hall–Kier alpha value is -3.56. The molecule has 3 rings (SSSR count). The van der Waals surface area contributed by atoms with Crippen LogP contribution in [-0.2, 0) is 14.8 Å². The van der Waals surface area contributed by atoms with Gasteiger partial charge in [0.25, 0.3) is 10.0 Å². The molecule has 10 heteroatoms. The normalized spacial score (nSPS) is 11.9. The molecule has 0 saturated heterocycles. The average Bonchev–Trinajstić information content (AvgIpc) is 2.84. The van der Waals surface area contributed by atoms with Gasteiger partial charge in [-0.2, -0.15) is 0 Å². The van der Waals surface area contributed by atoms with Crippen LogP contribution in [0, 0.1) is 0 Å². The Morgan fingerprint density at radius 1 is 0.882 bits per heavy atom. The number of nitrogens with one attached hydrogen (secondary N) is 1. The van der Waals surface area contributed by atoms with Crippen LogP contribution in [-0.4, -0.2) is 40.5 Å². The third-order valence-corrected chi connectivity index (χ3v) is 6.47. The molecule has 0 heterocycles. The first kappa shape index (κ1) is 25.1. The van der Waals surface area contributed by atoms with Gasteiger partial charge in [0.1, 0.15) is 11.5 Å². The van der Waals surface area contributed by atoms with Crippen molar-refractivity contribution in [1.29, 1.82) is 0 Å². The van der Waals surface area contributed by atoms with E-state index in [1.165, 1.54) is 51.5 Å². The topological polar surface area (TPSA) is 108 Å². The molecule has 0 unspecified atom stereocenters. The van der Waals surface area contributed by atoms with E-state index in [-0.39, 0.29) is 32.7 Å². The third kappa shape index (κ3) is 5.67. The minimum Gasteiger partial charge on any atom is -0.495 e. The molecule has 0 fully saturated rings. The predicted molar refractivity (Wildman–Crippen MR) is 127 cm³/mol. The number of benzene rings is 3. The number of carbonyl (C=O) groups is 2. The number of halogens is 1. The van der Waals surface area contributed by atoms with Crippen LogP contribution < -0.4 is 14.2 Å². The molecule has 1 atom stereocenters. The van der Waals surface area contributed by atoms with E-state index in [0.29, 0.717) is 11.3 Å². The molecule has 8 nitrogen and oxygen atoms in total. The average molecular weight is 504 g/mol. The maximum absolute atomic E-state index is 13.0. The second-order valence-electron chi connectivity index (χ2n) is 7.10. The first-order valence-electron chi connectivity index (χ1n) is 10.0. The number of esters is 1. The summed E-state index contributed by atoms with van der Waals surface area (Å²) < 4.78 is 43.9. The van der Waals surface area contributed by atoms with E-state index in [2.05, 4.69) is 4.72 Å². The summed E-state index contributed by atoms with van der Waals surface area (Å²) in [5.74, 6) is -0.708. The number of Topliss-reactive ketones (excluding diaryl/α,β-unsaturated/α-hetero) is 1. The molecule has 0 bridgehead atoms. The number of hydrogen-bond acceptors (Lipinski definition) is 7. The Bertz CT molecular complexity index is 1310. The van der Waals surface area contributed by atoms with Gasteiger partial charge in [-0.25, -0.2) is 13.2 Å². The number of ether oxygens (including phenoxy) is 3. The highest BCUT2D eigenvalue weighted by molar-refractivity contribution is 7.92. The first-order valence-corrected chi connectivity index (χ1v) is 11.9. The van der Waals surface area contributed by atoms with Gasteiger partial charge >= 0.3 is 5.97 Å². The zero-order valence-electron chi connectivity index (χ0n) is 18.6. The summed E-state index contributed by atoms with van der Waals surface area (Å²) in [5, 5.41) is 0.176. The first-order chi connectivity index (χ1) is 16.2. The van der Waals surface area contributed by atoms with Gasteiger partial charge in [-0.1, -0.05) is 48.0 Å². The highest BCUT2D eigenvalue weighted by Crippen LogP contribution is 2.37. The molecule has 0 aliphatic heterocycles. The van der Waals surface area contributed by atoms with Crippen molar-refractivity contribution in [3.05, 3.63) is 82.9 Å². The summed E-state index contributed by atoms with van der Waals surface area (Å²) in [5.41, 5.74) is 0.453. The van der Waals surface area contributed by atoms with Crippen molar-refractivity contribution in [3.63, 3.8) is 0 Å². The monoisotopic (exact) mass is 503 g/mol. The van der Waals surface area contributed by atoms with E-state index >= 15 is 0 Å². The van der Waals surface area contributed by atoms with Crippen molar-refractivity contribution in [2.24, 2.45) is 0 Å². The highest BCUT2D eigenvalue weighted by atomic mass is 35.5. The molecule has 3 aromatic carbocycles. The van der Waals surface area contributed by atoms with Crippen LogP contribution in [0.5, 0.6) is 11.5 Å². The minimum absolute atomic E-state index is 0.0321. The van der Waals surface area contributed by atoms with E-state index in [1.54, 1.807) is 30.3 Å². The molecule has 0 spiro atoms. The lowest BCUT2D eigenvalue weighted by Gasteiger charge is -2.15. The largest absolute Gasteiger partial charge is 0.495 e. The fourth-order valence-electron chi connectivity index (χ4n) is 3.05. The van der Waals surface area contributed by atoms with E-state index in [1.807, 2.05) is 0 Å². The van der Waals surface area contributed by atoms with E-state index in [9.17, 15) is 18.0 Å². The molecule has 0 saturated carbocycles. The second-order valence-corrected chi connectivity index (χ2v) is 9.19. The van der Waals surface area contributed by atoms with Gasteiger partial charge in [0, 0.05) is 11.6 Å². The summed E-state index contributed by atoms with van der Waals surface area (Å²) in [6.07, 6.45) is -1.06. The Balaban J connectivity index is 1.81. The number of methoxy groups -OCH3 is 2. The smallest absolute Gasteiger partial charge is 0.338 e. The van der Waals surface area contributed by atoms with Gasteiger partial charge in [0.2, 0.25) is 5.78 Å². The Morgan fingerprint density at radius 3 is 2.18 bits per heavy atom. The summed E-state index contributed by atoms with van der Waals surface area (Å²) in [7, 11) is -1.34. The van der Waals surface area contributed by atoms with Crippen molar-refractivity contribution in [2.75, 3.05) is 18.9 Å². The van der Waals surface area contributed by atoms with E-state index in [0.717, 1.165) is 6.07 Å². The highest BCUT2D eigenvalue weighted by Gasteiger charge is 2.23. The molecular weight excluding hydrogens is 482 g/mol. The molecule has 0 aliphatic rings. The summed E-state index contributed by atoms with van der Waals surface area (Å²) >= 11 is 6.11. The van der Waals surface area contributed by atoms with E-state index < -0.39 is 22.1 Å². The zero-order valence-corrected chi connectivity index (χ0v) is 20.1. The fourth-order valence-corrected chi connectivity index (χ4v) is 4.40. The van der Waals surface area contributed by atoms with Crippen LogP contribution in [0.3, 0.4) is 0 Å². The summed E-state index contributed by atoms with van der Waals surface area (Å²) in [4.78, 5) is 24.9. The van der Waals surface area contributed by atoms with E-state index in [4.69, 9.17) is 25.8 Å². The van der Waals surface area contributed by atoms with Crippen LogP contribution in [0.2, 0.25) is 5.02 Å². The molecule has 0 amide bonds. The molecule has 34 heavy (non-hydrogen) atoms. The van der Waals surface area contributed by atoms with Crippen LogP contribution in [0.1, 0.15) is 27.6 Å². The van der Waals surface area contributed by atoms with Crippen molar-refractivity contribution < 1.29 is 32.2 Å². The summed E-state index contributed by atoms with van der Waals surface area (Å²) in [6.45, 7) is 1.45. The van der Waals surface area contributed by atoms with Gasteiger partial charge in [-0.15, -0.1) is 0 Å². The molecule has 3 aromatic rings. The maximum atomic E-state index is 13.0. The number of sulfonamides is 1. The Morgan fingerprint density at radius 2 is 1.53 bits per heavy atom. The molecular formula is C24H22ClNO7S. The van der Waals surface area contributed by atoms with Crippen LogP contribution in [0.25, 0.3) is 0 Å². The standard InChI is InChI=1S/C24H22ClNO7S/c1-15(23(27)16-8-5-4-6-9-16)33-24(28)17-10-7-11-18(12-17)34(29,30)26-20-13-19(25)21(31-2)14-22(20)32-3/h4-15,26H,1-3H3/t15-/m0/s1.